The van der Waals surface area contributed by atoms with Crippen LogP contribution >= 0.6 is 0 Å². The van der Waals surface area contributed by atoms with Crippen LogP contribution in [0.4, 0.5) is 0 Å². The zero-order valence-corrected chi connectivity index (χ0v) is 11.8. The molecule has 1 N–H and O–H groups in total. The van der Waals surface area contributed by atoms with Crippen LogP contribution in [0.1, 0.15) is 44.6 Å². The molecule has 1 amide bonds. The molecule has 1 aliphatic carbocycles. The van der Waals surface area contributed by atoms with Crippen molar-refractivity contribution >= 4 is 5.91 Å². The highest BCUT2D eigenvalue weighted by Gasteiger charge is 2.23. The molecule has 0 radical (unpaired) electrons. The smallest absolute Gasteiger partial charge is 0.261 e. The predicted molar refractivity (Wildman–Crippen MR) is 76.3 cm³/mol. The molecule has 0 aliphatic heterocycles. The summed E-state index contributed by atoms with van der Waals surface area (Å²) in [4.78, 5) is 12.2. The summed E-state index contributed by atoms with van der Waals surface area (Å²) in [5, 5.41) is 3.11. The van der Waals surface area contributed by atoms with Crippen molar-refractivity contribution in [1.29, 1.82) is 0 Å². The first-order chi connectivity index (χ1) is 9.20. The zero-order chi connectivity index (χ0) is 13.7. The number of carbonyl (C=O) groups is 1. The van der Waals surface area contributed by atoms with Crippen LogP contribution in [-0.4, -0.2) is 18.1 Å². The molecule has 1 aromatic rings. The number of nitrogens with one attached hydrogen (secondary N) is 1. The van der Waals surface area contributed by atoms with Crippen LogP contribution < -0.4 is 10.1 Å². The Labute approximate surface area is 115 Å². The average Bonchev–Trinajstić information content (AvgIpc) is 2.90. The fourth-order valence-electron chi connectivity index (χ4n) is 2.53. The molecule has 1 saturated carbocycles. The van der Waals surface area contributed by atoms with Crippen molar-refractivity contribution in [1.82, 2.24) is 5.32 Å². The van der Waals surface area contributed by atoms with Crippen molar-refractivity contribution in [3.8, 4) is 5.75 Å². The summed E-state index contributed by atoms with van der Waals surface area (Å²) in [5.41, 5.74) is 1.06. The average molecular weight is 261 g/mol. The maximum absolute atomic E-state index is 12.2. The highest BCUT2D eigenvalue weighted by molar-refractivity contribution is 5.81. The van der Waals surface area contributed by atoms with Crippen LogP contribution in [0.25, 0.3) is 0 Å². The van der Waals surface area contributed by atoms with E-state index in [0.717, 1.165) is 24.2 Å². The Bertz CT molecular complexity index is 425. The fraction of sp³-hybridized carbons (Fsp3) is 0.562. The molecule has 0 spiro atoms. The minimum Gasteiger partial charge on any atom is -0.480 e. The minimum absolute atomic E-state index is 0.0256. The molecule has 0 aromatic heterocycles. The number of para-hydroxylation sites is 1. The van der Waals surface area contributed by atoms with Gasteiger partial charge in [0.15, 0.2) is 6.10 Å². The van der Waals surface area contributed by atoms with Gasteiger partial charge in [-0.25, -0.2) is 0 Å². The van der Waals surface area contributed by atoms with E-state index in [2.05, 4.69) is 5.32 Å². The molecule has 1 atom stereocenters. The molecule has 3 heteroatoms. The monoisotopic (exact) mass is 261 g/mol. The van der Waals surface area contributed by atoms with Gasteiger partial charge in [0.2, 0.25) is 0 Å². The van der Waals surface area contributed by atoms with Gasteiger partial charge in [-0.1, -0.05) is 38.0 Å². The Morgan fingerprint density at radius 1 is 1.37 bits per heavy atom. The molecule has 19 heavy (non-hydrogen) atoms. The summed E-state index contributed by atoms with van der Waals surface area (Å²) in [6, 6.07) is 8.17. The third-order valence-corrected chi connectivity index (χ3v) is 3.73. The number of benzene rings is 1. The van der Waals surface area contributed by atoms with E-state index in [4.69, 9.17) is 4.74 Å². The molecule has 104 valence electrons. The first-order valence-corrected chi connectivity index (χ1v) is 7.23. The van der Waals surface area contributed by atoms with Gasteiger partial charge in [-0.05, 0) is 37.8 Å². The van der Waals surface area contributed by atoms with Gasteiger partial charge in [-0.3, -0.25) is 4.79 Å². The summed E-state index contributed by atoms with van der Waals surface area (Å²) in [6.07, 6.45) is 4.95. The Balaban J connectivity index is 1.95. The van der Waals surface area contributed by atoms with Gasteiger partial charge in [0.25, 0.3) is 5.91 Å². The van der Waals surface area contributed by atoms with Gasteiger partial charge in [-0.2, -0.15) is 0 Å². The van der Waals surface area contributed by atoms with E-state index in [9.17, 15) is 4.79 Å². The predicted octanol–water partition coefficient (Wildman–Crippen LogP) is 3.21. The molecular weight excluding hydrogens is 238 g/mol. The molecule has 0 heterocycles. The van der Waals surface area contributed by atoms with Gasteiger partial charge in [-0.15, -0.1) is 0 Å². The molecule has 0 bridgehead atoms. The third-order valence-electron chi connectivity index (χ3n) is 3.73. The van der Waals surface area contributed by atoms with Crippen LogP contribution in [0, 0.1) is 6.92 Å². The number of amides is 1. The fourth-order valence-corrected chi connectivity index (χ4v) is 2.53. The Kier molecular flexibility index (Phi) is 4.83. The number of rotatable bonds is 5. The zero-order valence-electron chi connectivity index (χ0n) is 11.8. The molecule has 1 fully saturated rings. The van der Waals surface area contributed by atoms with Gasteiger partial charge < -0.3 is 10.1 Å². The van der Waals surface area contributed by atoms with Crippen molar-refractivity contribution in [3.63, 3.8) is 0 Å². The van der Waals surface area contributed by atoms with E-state index < -0.39 is 0 Å². The normalized spacial score (nSPS) is 17.2. The van der Waals surface area contributed by atoms with Crippen LogP contribution in [0.3, 0.4) is 0 Å². The van der Waals surface area contributed by atoms with E-state index in [1.165, 1.54) is 12.8 Å². The Morgan fingerprint density at radius 2 is 2.05 bits per heavy atom. The lowest BCUT2D eigenvalue weighted by Gasteiger charge is -2.20. The maximum atomic E-state index is 12.2. The molecule has 0 unspecified atom stereocenters. The van der Waals surface area contributed by atoms with E-state index in [1.807, 2.05) is 38.1 Å². The van der Waals surface area contributed by atoms with Gasteiger partial charge in [0.1, 0.15) is 5.75 Å². The summed E-state index contributed by atoms with van der Waals surface area (Å²) < 4.78 is 5.85. The summed E-state index contributed by atoms with van der Waals surface area (Å²) in [6.45, 7) is 3.98. The van der Waals surface area contributed by atoms with Crippen molar-refractivity contribution in [2.24, 2.45) is 0 Å². The molecular formula is C16H23NO2. The largest absolute Gasteiger partial charge is 0.480 e. The lowest BCUT2D eigenvalue weighted by molar-refractivity contribution is -0.128. The number of ether oxygens (including phenoxy) is 1. The van der Waals surface area contributed by atoms with Gasteiger partial charge >= 0.3 is 0 Å². The lowest BCUT2D eigenvalue weighted by atomic mass is 10.2. The van der Waals surface area contributed by atoms with E-state index >= 15 is 0 Å². The highest BCUT2D eigenvalue weighted by atomic mass is 16.5. The first-order valence-electron chi connectivity index (χ1n) is 7.23. The molecule has 0 saturated heterocycles. The summed E-state index contributed by atoms with van der Waals surface area (Å²) >= 11 is 0. The van der Waals surface area contributed by atoms with E-state index in [0.29, 0.717) is 12.5 Å². The van der Waals surface area contributed by atoms with Crippen LogP contribution in [0.5, 0.6) is 5.75 Å². The van der Waals surface area contributed by atoms with Gasteiger partial charge in [0, 0.05) is 6.04 Å². The van der Waals surface area contributed by atoms with E-state index in [1.54, 1.807) is 0 Å². The lowest BCUT2D eigenvalue weighted by Crippen LogP contribution is -2.42. The standard InChI is InChI=1S/C16H23NO2/c1-3-14(16(18)17-13-9-5-6-10-13)19-15-11-7-4-8-12(15)2/h4,7-8,11,13-14H,3,5-6,9-10H2,1-2H3,(H,17,18)/t14-/m0/s1. The quantitative estimate of drug-likeness (QED) is 0.884. The first kappa shape index (κ1) is 13.9. The Morgan fingerprint density at radius 3 is 2.68 bits per heavy atom. The summed E-state index contributed by atoms with van der Waals surface area (Å²) in [5.74, 6) is 0.827. The number of aryl methyl sites for hydroxylation is 1. The van der Waals surface area contributed by atoms with Crippen molar-refractivity contribution < 1.29 is 9.53 Å². The SMILES string of the molecule is CC[C@H](Oc1ccccc1C)C(=O)NC1CCCC1. The van der Waals surface area contributed by atoms with Crippen LogP contribution in [0.15, 0.2) is 24.3 Å². The van der Waals surface area contributed by atoms with Crippen molar-refractivity contribution in [3.05, 3.63) is 29.8 Å². The molecule has 3 nitrogen and oxygen atoms in total. The van der Waals surface area contributed by atoms with Crippen molar-refractivity contribution in [2.75, 3.05) is 0 Å². The number of hydrogen-bond donors (Lipinski definition) is 1. The highest BCUT2D eigenvalue weighted by Crippen LogP contribution is 2.20. The van der Waals surface area contributed by atoms with Crippen LogP contribution in [-0.2, 0) is 4.79 Å². The molecule has 1 aliphatic rings. The topological polar surface area (TPSA) is 38.3 Å². The second kappa shape index (κ2) is 6.60. The Hall–Kier alpha value is -1.51. The minimum atomic E-state index is -0.387. The molecule has 2 rings (SSSR count). The second-order valence-corrected chi connectivity index (χ2v) is 5.27. The second-order valence-electron chi connectivity index (χ2n) is 5.27. The summed E-state index contributed by atoms with van der Waals surface area (Å²) in [7, 11) is 0. The molecule has 1 aromatic carbocycles. The van der Waals surface area contributed by atoms with Crippen LogP contribution in [0.2, 0.25) is 0 Å². The maximum Gasteiger partial charge on any atom is 0.261 e. The number of hydrogen-bond acceptors (Lipinski definition) is 2. The van der Waals surface area contributed by atoms with Crippen molar-refractivity contribution in [2.45, 2.75) is 58.1 Å². The van der Waals surface area contributed by atoms with E-state index in [-0.39, 0.29) is 12.0 Å². The van der Waals surface area contributed by atoms with Gasteiger partial charge in [0.05, 0.1) is 0 Å². The third kappa shape index (κ3) is 3.72. The number of carbonyl (C=O) groups excluding carboxylic acids is 1.